The number of carbonyl (C=O) groups excluding carboxylic acids is 1. The number of nitrogens with two attached hydrogens (primary N) is 1. The van der Waals surface area contributed by atoms with Crippen molar-refractivity contribution in [1.29, 1.82) is 0 Å². The molecule has 90 valence electrons. The normalized spacial score (nSPS) is 10.2. The van der Waals surface area contributed by atoms with E-state index in [4.69, 9.17) is 5.73 Å². The van der Waals surface area contributed by atoms with Crippen LogP contribution in [-0.2, 0) is 4.79 Å². The van der Waals surface area contributed by atoms with Gasteiger partial charge in [-0.1, -0.05) is 6.07 Å². The van der Waals surface area contributed by atoms with Crippen LogP contribution >= 0.6 is 34.8 Å². The third-order valence-electron chi connectivity index (χ3n) is 1.69. The molecule has 0 unspecified atom stereocenters. The van der Waals surface area contributed by atoms with E-state index in [9.17, 15) is 4.79 Å². The number of nitrogens with one attached hydrogen (secondary N) is 2. The van der Waals surface area contributed by atoms with E-state index in [0.717, 1.165) is 14.8 Å². The van der Waals surface area contributed by atoms with Gasteiger partial charge in [-0.15, -0.1) is 0 Å². The lowest BCUT2D eigenvalue weighted by atomic mass is 10.2. The van der Waals surface area contributed by atoms with E-state index < -0.39 is 0 Å². The van der Waals surface area contributed by atoms with Crippen LogP contribution < -0.4 is 16.5 Å². The van der Waals surface area contributed by atoms with Crippen molar-refractivity contribution in [3.8, 4) is 0 Å². The molecule has 0 aromatic heterocycles. The summed E-state index contributed by atoms with van der Waals surface area (Å²) in [6.07, 6.45) is 1.60. The van der Waals surface area contributed by atoms with Crippen LogP contribution in [0.25, 0.3) is 0 Å². The Kier molecular flexibility index (Phi) is 5.29. The van der Waals surface area contributed by atoms with Gasteiger partial charge in [0.2, 0.25) is 5.91 Å². The fourth-order valence-electron chi connectivity index (χ4n) is 1.07. The van der Waals surface area contributed by atoms with Crippen molar-refractivity contribution < 1.29 is 4.79 Å². The first-order chi connectivity index (χ1) is 7.99. The molecule has 7 heteroatoms. The van der Waals surface area contributed by atoms with Gasteiger partial charge in [0, 0.05) is 10.5 Å². The van der Waals surface area contributed by atoms with Gasteiger partial charge in [0.1, 0.15) is 0 Å². The Hall–Kier alpha value is -1.22. The molecule has 0 aliphatic rings. The molecule has 1 aromatic carbocycles. The van der Waals surface area contributed by atoms with Crippen molar-refractivity contribution >= 4 is 57.7 Å². The Balaban J connectivity index is 2.78. The Labute approximate surface area is 118 Å². The van der Waals surface area contributed by atoms with Gasteiger partial charge in [-0.05, 0) is 52.5 Å². The van der Waals surface area contributed by atoms with Crippen LogP contribution in [0.15, 0.2) is 23.3 Å². The SMILES string of the molecule is CC(=O)Nc1ccc(/C=N/NC(N)=S)cc1I. The highest BCUT2D eigenvalue weighted by atomic mass is 127. The molecular weight excluding hydrogens is 351 g/mol. The maximum absolute atomic E-state index is 10.9. The zero-order chi connectivity index (χ0) is 12.8. The number of benzene rings is 1. The number of hydrogen-bond donors (Lipinski definition) is 3. The van der Waals surface area contributed by atoms with Crippen LogP contribution in [0.2, 0.25) is 0 Å². The number of carbonyl (C=O) groups is 1. The number of amides is 1. The highest BCUT2D eigenvalue weighted by molar-refractivity contribution is 14.1. The molecule has 5 nitrogen and oxygen atoms in total. The molecule has 0 spiro atoms. The number of rotatable bonds is 3. The summed E-state index contributed by atoms with van der Waals surface area (Å²) in [5, 5.41) is 6.68. The molecule has 4 N–H and O–H groups in total. The molecule has 0 heterocycles. The fraction of sp³-hybridized carbons (Fsp3) is 0.100. The van der Waals surface area contributed by atoms with E-state index in [1.807, 2.05) is 18.2 Å². The zero-order valence-corrected chi connectivity index (χ0v) is 12.0. The van der Waals surface area contributed by atoms with Gasteiger partial charge in [0.25, 0.3) is 0 Å². The predicted molar refractivity (Wildman–Crippen MR) is 81.0 cm³/mol. The van der Waals surface area contributed by atoms with Crippen molar-refractivity contribution in [2.24, 2.45) is 10.8 Å². The largest absolute Gasteiger partial charge is 0.375 e. The van der Waals surface area contributed by atoms with Crippen molar-refractivity contribution in [3.63, 3.8) is 0 Å². The van der Waals surface area contributed by atoms with Gasteiger partial charge in [-0.25, -0.2) is 0 Å². The molecule has 0 fully saturated rings. The van der Waals surface area contributed by atoms with Gasteiger partial charge in [0.05, 0.1) is 11.9 Å². The molecule has 0 radical (unpaired) electrons. The van der Waals surface area contributed by atoms with Crippen molar-refractivity contribution in [2.75, 3.05) is 5.32 Å². The second-order valence-electron chi connectivity index (χ2n) is 3.15. The summed E-state index contributed by atoms with van der Waals surface area (Å²) < 4.78 is 0.928. The highest BCUT2D eigenvalue weighted by Gasteiger charge is 2.01. The van der Waals surface area contributed by atoms with E-state index in [2.05, 4.69) is 50.7 Å². The van der Waals surface area contributed by atoms with E-state index in [1.165, 1.54) is 6.92 Å². The zero-order valence-electron chi connectivity index (χ0n) is 9.03. The third-order valence-corrected chi connectivity index (χ3v) is 2.68. The molecule has 1 amide bonds. The summed E-state index contributed by atoms with van der Waals surface area (Å²) in [6, 6.07) is 5.53. The van der Waals surface area contributed by atoms with E-state index >= 15 is 0 Å². The highest BCUT2D eigenvalue weighted by Crippen LogP contribution is 2.18. The maximum atomic E-state index is 10.9. The second kappa shape index (κ2) is 6.50. The van der Waals surface area contributed by atoms with Crippen molar-refractivity contribution in [1.82, 2.24) is 5.43 Å². The quantitative estimate of drug-likeness (QED) is 0.329. The van der Waals surface area contributed by atoms with Crippen LogP contribution in [0.1, 0.15) is 12.5 Å². The van der Waals surface area contributed by atoms with Gasteiger partial charge >= 0.3 is 0 Å². The average Bonchev–Trinajstić information content (AvgIpc) is 2.21. The van der Waals surface area contributed by atoms with Crippen LogP contribution in [0.5, 0.6) is 0 Å². The first-order valence-corrected chi connectivity index (χ1v) is 6.13. The molecule has 0 bridgehead atoms. The summed E-state index contributed by atoms with van der Waals surface area (Å²) >= 11 is 6.75. The standard InChI is InChI=1S/C10H11IN4OS/c1-6(16)14-9-3-2-7(4-8(9)11)5-13-15-10(12)17/h2-5H,1H3,(H,14,16)(H3,12,15,17)/b13-5+. The monoisotopic (exact) mass is 362 g/mol. The average molecular weight is 362 g/mol. The number of hydrogen-bond acceptors (Lipinski definition) is 3. The van der Waals surface area contributed by atoms with Gasteiger partial charge in [-0.3, -0.25) is 10.2 Å². The molecule has 0 aliphatic heterocycles. The molecule has 0 saturated carbocycles. The summed E-state index contributed by atoms with van der Waals surface area (Å²) in [4.78, 5) is 10.9. The molecule has 1 rings (SSSR count). The molecule has 0 saturated heterocycles. The van der Waals surface area contributed by atoms with Gasteiger partial charge in [-0.2, -0.15) is 5.10 Å². The Bertz CT molecular complexity index is 475. The van der Waals surface area contributed by atoms with Crippen LogP contribution in [0, 0.1) is 3.57 Å². The Morgan fingerprint density at radius 2 is 2.29 bits per heavy atom. The van der Waals surface area contributed by atoms with E-state index in [1.54, 1.807) is 6.21 Å². The number of thiocarbonyl (C=S) groups is 1. The molecule has 0 aliphatic carbocycles. The van der Waals surface area contributed by atoms with Crippen molar-refractivity contribution in [2.45, 2.75) is 6.92 Å². The number of hydrazone groups is 1. The fourth-order valence-corrected chi connectivity index (χ4v) is 1.80. The first kappa shape index (κ1) is 13.8. The van der Waals surface area contributed by atoms with Crippen LogP contribution in [-0.4, -0.2) is 17.2 Å². The van der Waals surface area contributed by atoms with Gasteiger partial charge < -0.3 is 11.1 Å². The second-order valence-corrected chi connectivity index (χ2v) is 4.76. The summed E-state index contributed by atoms with van der Waals surface area (Å²) in [5.41, 5.74) is 9.35. The van der Waals surface area contributed by atoms with E-state index in [0.29, 0.717) is 0 Å². The van der Waals surface area contributed by atoms with E-state index in [-0.39, 0.29) is 11.0 Å². The Morgan fingerprint density at radius 3 is 2.82 bits per heavy atom. The summed E-state index contributed by atoms with van der Waals surface area (Å²) in [7, 11) is 0. The third kappa shape index (κ3) is 5.09. The van der Waals surface area contributed by atoms with Gasteiger partial charge in [0.15, 0.2) is 5.11 Å². The minimum Gasteiger partial charge on any atom is -0.375 e. The lowest BCUT2D eigenvalue weighted by Crippen LogP contribution is -2.24. The topological polar surface area (TPSA) is 79.5 Å². The lowest BCUT2D eigenvalue weighted by Gasteiger charge is -2.05. The number of anilines is 1. The smallest absolute Gasteiger partial charge is 0.221 e. The molecule has 0 atom stereocenters. The molecule has 1 aromatic rings. The van der Waals surface area contributed by atoms with Crippen molar-refractivity contribution in [3.05, 3.63) is 27.3 Å². The number of halogens is 1. The summed E-state index contributed by atoms with van der Waals surface area (Å²) in [6.45, 7) is 1.47. The maximum Gasteiger partial charge on any atom is 0.221 e. The predicted octanol–water partition coefficient (Wildman–Crippen LogP) is 1.42. The first-order valence-electron chi connectivity index (χ1n) is 4.64. The minimum atomic E-state index is -0.0977. The summed E-state index contributed by atoms with van der Waals surface area (Å²) in [5.74, 6) is -0.0977. The van der Waals surface area contributed by atoms with Crippen LogP contribution in [0.3, 0.4) is 0 Å². The lowest BCUT2D eigenvalue weighted by molar-refractivity contribution is -0.114. The Morgan fingerprint density at radius 1 is 1.59 bits per heavy atom. The molecule has 17 heavy (non-hydrogen) atoms. The number of nitrogens with zero attached hydrogens (tertiary/aromatic N) is 1. The minimum absolute atomic E-state index is 0.0977. The molecular formula is C10H11IN4OS. The van der Waals surface area contributed by atoms with Crippen LogP contribution in [0.4, 0.5) is 5.69 Å².